The minimum absolute atomic E-state index is 0.00748. The van der Waals surface area contributed by atoms with E-state index in [1.165, 1.54) is 0 Å². The van der Waals surface area contributed by atoms with Gasteiger partial charge in [-0.3, -0.25) is 0 Å². The van der Waals surface area contributed by atoms with E-state index in [1.807, 2.05) is 48.6 Å². The Morgan fingerprint density at radius 1 is 1.38 bits per heavy atom. The lowest BCUT2D eigenvalue weighted by Gasteiger charge is -2.32. The van der Waals surface area contributed by atoms with Crippen LogP contribution >= 0.6 is 0 Å². The van der Waals surface area contributed by atoms with E-state index in [2.05, 4.69) is 14.9 Å². The van der Waals surface area contributed by atoms with Gasteiger partial charge in [0.2, 0.25) is 0 Å². The largest absolute Gasteiger partial charge is 0.492 e. The summed E-state index contributed by atoms with van der Waals surface area (Å²) >= 11 is 0. The molecule has 1 fully saturated rings. The molecule has 3 rings (SSSR count). The lowest BCUT2D eigenvalue weighted by molar-refractivity contribution is 0.169. The second-order valence-corrected chi connectivity index (χ2v) is 6.13. The van der Waals surface area contributed by atoms with Gasteiger partial charge in [-0.15, -0.1) is 0 Å². The number of piperidine rings is 1. The number of nitrogens with one attached hydrogen (secondary N) is 1. The molecule has 1 saturated heterocycles. The standard InChI is InChI=1S/C18H24N4O2/c1-15-3-2-4-17(13-15)24-12-8-20-18(23)21-9-5-16(6-10-21)22-11-7-19-14-22/h2-4,7,11,13-14,16H,5-6,8-10,12H2,1H3,(H,20,23). The summed E-state index contributed by atoms with van der Waals surface area (Å²) in [6.07, 6.45) is 7.56. The maximum absolute atomic E-state index is 12.2. The van der Waals surface area contributed by atoms with E-state index >= 15 is 0 Å². The van der Waals surface area contributed by atoms with Crippen LogP contribution in [0.4, 0.5) is 4.79 Å². The highest BCUT2D eigenvalue weighted by Gasteiger charge is 2.23. The molecule has 2 heterocycles. The number of benzene rings is 1. The van der Waals surface area contributed by atoms with Gasteiger partial charge in [-0.05, 0) is 37.5 Å². The zero-order chi connectivity index (χ0) is 16.8. The van der Waals surface area contributed by atoms with E-state index in [0.29, 0.717) is 19.2 Å². The van der Waals surface area contributed by atoms with Crippen molar-refractivity contribution in [2.24, 2.45) is 0 Å². The normalized spacial score (nSPS) is 15.3. The molecule has 128 valence electrons. The van der Waals surface area contributed by atoms with Gasteiger partial charge in [0.05, 0.1) is 12.9 Å². The second-order valence-electron chi connectivity index (χ2n) is 6.13. The van der Waals surface area contributed by atoms with Gasteiger partial charge in [0, 0.05) is 31.5 Å². The van der Waals surface area contributed by atoms with Crippen molar-refractivity contribution < 1.29 is 9.53 Å². The smallest absolute Gasteiger partial charge is 0.317 e. The van der Waals surface area contributed by atoms with Crippen molar-refractivity contribution in [3.8, 4) is 5.75 Å². The first-order chi connectivity index (χ1) is 11.7. The van der Waals surface area contributed by atoms with Crippen molar-refractivity contribution in [3.05, 3.63) is 48.5 Å². The lowest BCUT2D eigenvalue weighted by Crippen LogP contribution is -2.45. The number of likely N-dealkylation sites (tertiary alicyclic amines) is 1. The molecule has 6 nitrogen and oxygen atoms in total. The first-order valence-electron chi connectivity index (χ1n) is 8.42. The van der Waals surface area contributed by atoms with Crippen molar-refractivity contribution in [1.82, 2.24) is 19.8 Å². The number of rotatable bonds is 5. The van der Waals surface area contributed by atoms with Crippen LogP contribution in [0, 0.1) is 6.92 Å². The molecule has 0 saturated carbocycles. The number of imidazole rings is 1. The summed E-state index contributed by atoms with van der Waals surface area (Å²) in [7, 11) is 0. The summed E-state index contributed by atoms with van der Waals surface area (Å²) in [5.41, 5.74) is 1.16. The second kappa shape index (κ2) is 7.86. The summed E-state index contributed by atoms with van der Waals surface area (Å²) in [5, 5.41) is 2.93. The minimum atomic E-state index is -0.00748. The number of carbonyl (C=O) groups is 1. The van der Waals surface area contributed by atoms with E-state index in [-0.39, 0.29) is 6.03 Å². The molecular formula is C18H24N4O2. The van der Waals surface area contributed by atoms with Crippen molar-refractivity contribution in [1.29, 1.82) is 0 Å². The Morgan fingerprint density at radius 2 is 2.21 bits per heavy atom. The van der Waals surface area contributed by atoms with Crippen LogP contribution in [0.15, 0.2) is 43.0 Å². The molecule has 1 aromatic heterocycles. The Balaban J connectivity index is 1.35. The average molecular weight is 328 g/mol. The van der Waals surface area contributed by atoms with Gasteiger partial charge in [0.25, 0.3) is 0 Å². The highest BCUT2D eigenvalue weighted by atomic mass is 16.5. The van der Waals surface area contributed by atoms with E-state index in [0.717, 1.165) is 37.2 Å². The van der Waals surface area contributed by atoms with Crippen LogP contribution in [-0.2, 0) is 0 Å². The number of amides is 2. The van der Waals surface area contributed by atoms with Crippen LogP contribution in [0.25, 0.3) is 0 Å². The zero-order valence-electron chi connectivity index (χ0n) is 14.0. The molecule has 0 bridgehead atoms. The molecule has 0 spiro atoms. The first-order valence-corrected chi connectivity index (χ1v) is 8.42. The van der Waals surface area contributed by atoms with Crippen molar-refractivity contribution in [2.45, 2.75) is 25.8 Å². The molecule has 0 atom stereocenters. The highest BCUT2D eigenvalue weighted by molar-refractivity contribution is 5.74. The van der Waals surface area contributed by atoms with Crippen molar-refractivity contribution >= 4 is 6.03 Å². The van der Waals surface area contributed by atoms with Crippen molar-refractivity contribution in [3.63, 3.8) is 0 Å². The average Bonchev–Trinajstić information content (AvgIpc) is 3.13. The summed E-state index contributed by atoms with van der Waals surface area (Å²) < 4.78 is 7.78. The molecule has 6 heteroatoms. The molecule has 1 aliphatic rings. The third-order valence-corrected chi connectivity index (χ3v) is 4.33. The number of nitrogens with zero attached hydrogens (tertiary/aromatic N) is 3. The molecule has 2 amide bonds. The van der Waals surface area contributed by atoms with Gasteiger partial charge in [0.1, 0.15) is 12.4 Å². The van der Waals surface area contributed by atoms with E-state index in [4.69, 9.17) is 4.74 Å². The molecule has 1 aromatic carbocycles. The van der Waals surface area contributed by atoms with Gasteiger partial charge in [0.15, 0.2) is 0 Å². The third kappa shape index (κ3) is 4.28. The van der Waals surface area contributed by atoms with Gasteiger partial charge in [-0.1, -0.05) is 12.1 Å². The summed E-state index contributed by atoms with van der Waals surface area (Å²) in [4.78, 5) is 18.2. The Labute approximate surface area is 142 Å². The molecule has 0 aliphatic carbocycles. The number of ether oxygens (including phenoxy) is 1. The van der Waals surface area contributed by atoms with Gasteiger partial charge in [-0.2, -0.15) is 0 Å². The SMILES string of the molecule is Cc1cccc(OCCNC(=O)N2CCC(n3ccnc3)CC2)c1. The topological polar surface area (TPSA) is 59.4 Å². The molecule has 1 N–H and O–H groups in total. The fraction of sp³-hybridized carbons (Fsp3) is 0.444. The Bertz CT molecular complexity index is 649. The predicted octanol–water partition coefficient (Wildman–Crippen LogP) is 2.62. The van der Waals surface area contributed by atoms with Crippen LogP contribution < -0.4 is 10.1 Å². The van der Waals surface area contributed by atoms with Crippen LogP contribution in [0.1, 0.15) is 24.4 Å². The van der Waals surface area contributed by atoms with E-state index in [9.17, 15) is 4.79 Å². The fourth-order valence-electron chi connectivity index (χ4n) is 3.00. The fourth-order valence-corrected chi connectivity index (χ4v) is 3.00. The summed E-state index contributed by atoms with van der Waals surface area (Å²) in [6.45, 7) is 4.55. The maximum atomic E-state index is 12.2. The number of hydrogen-bond donors (Lipinski definition) is 1. The maximum Gasteiger partial charge on any atom is 0.317 e. The van der Waals surface area contributed by atoms with Crippen LogP contribution in [0.3, 0.4) is 0 Å². The van der Waals surface area contributed by atoms with Crippen LogP contribution in [0.2, 0.25) is 0 Å². The summed E-state index contributed by atoms with van der Waals surface area (Å²) in [6, 6.07) is 8.35. The van der Waals surface area contributed by atoms with Gasteiger partial charge >= 0.3 is 6.03 Å². The predicted molar refractivity (Wildman–Crippen MR) is 92.1 cm³/mol. The number of carbonyl (C=O) groups excluding carboxylic acids is 1. The Kier molecular flexibility index (Phi) is 5.36. The molecule has 0 unspecified atom stereocenters. The zero-order valence-corrected chi connectivity index (χ0v) is 14.0. The highest BCUT2D eigenvalue weighted by Crippen LogP contribution is 2.21. The number of aromatic nitrogens is 2. The molecular weight excluding hydrogens is 304 g/mol. The quantitative estimate of drug-likeness (QED) is 0.858. The molecule has 24 heavy (non-hydrogen) atoms. The molecule has 0 radical (unpaired) electrons. The van der Waals surface area contributed by atoms with Gasteiger partial charge in [-0.25, -0.2) is 9.78 Å². The third-order valence-electron chi connectivity index (χ3n) is 4.33. The van der Waals surface area contributed by atoms with E-state index < -0.39 is 0 Å². The lowest BCUT2D eigenvalue weighted by atomic mass is 10.1. The number of aryl methyl sites for hydroxylation is 1. The Hall–Kier alpha value is -2.50. The van der Waals surface area contributed by atoms with Gasteiger partial charge < -0.3 is 19.5 Å². The number of hydrogen-bond acceptors (Lipinski definition) is 3. The number of urea groups is 1. The molecule has 1 aliphatic heterocycles. The summed E-state index contributed by atoms with van der Waals surface area (Å²) in [5.74, 6) is 0.838. The van der Waals surface area contributed by atoms with Crippen LogP contribution in [-0.4, -0.2) is 46.7 Å². The monoisotopic (exact) mass is 328 g/mol. The minimum Gasteiger partial charge on any atom is -0.492 e. The first kappa shape index (κ1) is 16.4. The molecule has 2 aromatic rings. The van der Waals surface area contributed by atoms with Crippen molar-refractivity contribution in [2.75, 3.05) is 26.2 Å². The van der Waals surface area contributed by atoms with Crippen LogP contribution in [0.5, 0.6) is 5.75 Å². The van der Waals surface area contributed by atoms with E-state index in [1.54, 1.807) is 6.20 Å². The Morgan fingerprint density at radius 3 is 2.92 bits per heavy atom.